The van der Waals surface area contributed by atoms with Gasteiger partial charge < -0.3 is 15.0 Å². The summed E-state index contributed by atoms with van der Waals surface area (Å²) < 4.78 is 34.9. The van der Waals surface area contributed by atoms with Gasteiger partial charge in [-0.2, -0.15) is 0 Å². The predicted octanol–water partition coefficient (Wildman–Crippen LogP) is 7.02. The fourth-order valence-corrected chi connectivity index (χ4v) is 6.99. The first-order valence-corrected chi connectivity index (χ1v) is 17.1. The lowest BCUT2D eigenvalue weighted by Crippen LogP contribution is -2.53. The average molecular weight is 703 g/mol. The summed E-state index contributed by atoms with van der Waals surface area (Å²) in [5.41, 5.74) is 1.27. The van der Waals surface area contributed by atoms with E-state index in [4.69, 9.17) is 39.5 Å². The van der Waals surface area contributed by atoms with Crippen LogP contribution < -0.4 is 14.4 Å². The molecule has 242 valence electrons. The minimum Gasteiger partial charge on any atom is -0.495 e. The molecule has 1 atom stereocenters. The molecule has 0 aliphatic rings. The summed E-state index contributed by atoms with van der Waals surface area (Å²) in [5, 5.41) is 3.72. The van der Waals surface area contributed by atoms with Crippen molar-refractivity contribution >= 4 is 62.3 Å². The van der Waals surface area contributed by atoms with Crippen molar-refractivity contribution in [3.05, 3.63) is 123 Å². The molecule has 0 radical (unpaired) electrons. The maximum Gasteiger partial charge on any atom is 0.264 e. The summed E-state index contributed by atoms with van der Waals surface area (Å²) in [7, 11) is -2.96. The molecule has 12 heteroatoms. The van der Waals surface area contributed by atoms with E-state index in [-0.39, 0.29) is 34.3 Å². The van der Waals surface area contributed by atoms with E-state index in [9.17, 15) is 18.0 Å². The molecule has 4 aromatic carbocycles. The van der Waals surface area contributed by atoms with Crippen molar-refractivity contribution in [1.29, 1.82) is 0 Å². The third-order valence-corrected chi connectivity index (χ3v) is 9.95. The van der Waals surface area contributed by atoms with Gasteiger partial charge in [0.25, 0.3) is 10.0 Å². The number of nitrogens with zero attached hydrogens (tertiary/aromatic N) is 2. The lowest BCUT2D eigenvalue weighted by atomic mass is 10.0. The van der Waals surface area contributed by atoms with Crippen LogP contribution in [0.2, 0.25) is 15.1 Å². The Labute approximate surface area is 284 Å². The van der Waals surface area contributed by atoms with Crippen LogP contribution in [0.5, 0.6) is 5.75 Å². The second-order valence-electron chi connectivity index (χ2n) is 10.4. The Hall–Kier alpha value is -3.76. The first kappa shape index (κ1) is 35.1. The van der Waals surface area contributed by atoms with Gasteiger partial charge in [0.05, 0.1) is 17.7 Å². The van der Waals surface area contributed by atoms with Crippen molar-refractivity contribution in [2.75, 3.05) is 24.5 Å². The Morgan fingerprint density at radius 3 is 2.11 bits per heavy atom. The van der Waals surface area contributed by atoms with E-state index in [0.717, 1.165) is 9.87 Å². The van der Waals surface area contributed by atoms with Crippen molar-refractivity contribution in [2.24, 2.45) is 0 Å². The Kier molecular flexibility index (Phi) is 12.3. The van der Waals surface area contributed by atoms with Gasteiger partial charge in [-0.25, -0.2) is 8.42 Å². The van der Waals surface area contributed by atoms with E-state index in [2.05, 4.69) is 5.32 Å². The number of hydrogen-bond donors (Lipinski definition) is 1. The molecule has 4 rings (SSSR count). The molecular weight excluding hydrogens is 669 g/mol. The van der Waals surface area contributed by atoms with Crippen LogP contribution in [0.3, 0.4) is 0 Å². The Bertz CT molecular complexity index is 1740. The number of sulfonamides is 1. The van der Waals surface area contributed by atoms with E-state index in [1.807, 2.05) is 37.3 Å². The largest absolute Gasteiger partial charge is 0.495 e. The van der Waals surface area contributed by atoms with Crippen molar-refractivity contribution in [3.63, 3.8) is 0 Å². The van der Waals surface area contributed by atoms with Gasteiger partial charge in [0.1, 0.15) is 18.3 Å². The van der Waals surface area contributed by atoms with Gasteiger partial charge in [-0.05, 0) is 54.4 Å². The number of benzene rings is 4. The van der Waals surface area contributed by atoms with E-state index in [0.29, 0.717) is 28.6 Å². The normalized spacial score (nSPS) is 11.8. The summed E-state index contributed by atoms with van der Waals surface area (Å²) in [6.45, 7) is 1.44. The minimum atomic E-state index is -4.35. The number of ether oxygens (including phenoxy) is 1. The molecule has 0 saturated carbocycles. The fourth-order valence-electron chi connectivity index (χ4n) is 4.86. The number of amides is 2. The monoisotopic (exact) mass is 701 g/mol. The molecule has 8 nitrogen and oxygen atoms in total. The van der Waals surface area contributed by atoms with Gasteiger partial charge in [-0.3, -0.25) is 13.9 Å². The van der Waals surface area contributed by atoms with Crippen LogP contribution in [0.1, 0.15) is 24.5 Å². The van der Waals surface area contributed by atoms with Crippen LogP contribution in [-0.2, 0) is 32.6 Å². The zero-order chi connectivity index (χ0) is 33.3. The van der Waals surface area contributed by atoms with Crippen LogP contribution in [0.25, 0.3) is 0 Å². The summed E-state index contributed by atoms with van der Waals surface area (Å²) in [6.07, 6.45) is 0.821. The molecule has 0 aliphatic heterocycles. The highest BCUT2D eigenvalue weighted by Gasteiger charge is 2.36. The number of carbonyl (C=O) groups is 2. The summed E-state index contributed by atoms with van der Waals surface area (Å²) in [5.74, 6) is -0.899. The third kappa shape index (κ3) is 8.53. The van der Waals surface area contributed by atoms with E-state index < -0.39 is 34.4 Å². The highest BCUT2D eigenvalue weighted by Crippen LogP contribution is 2.35. The molecule has 4 aromatic rings. The van der Waals surface area contributed by atoms with Crippen LogP contribution in [0.15, 0.2) is 102 Å². The van der Waals surface area contributed by atoms with E-state index >= 15 is 0 Å². The van der Waals surface area contributed by atoms with Crippen LogP contribution in [0.4, 0.5) is 5.69 Å². The topological polar surface area (TPSA) is 96.0 Å². The fraction of sp³-hybridized carbons (Fsp3) is 0.235. The molecule has 0 bridgehead atoms. The molecule has 0 saturated heterocycles. The number of hydrogen-bond acceptors (Lipinski definition) is 5. The standard InChI is InChI=1S/C34H34Cl3N3O5S/c1-3-19-38-34(42)31(20-24-11-6-4-7-12-24)39(22-27-28(36)15-10-16-29(27)37)33(41)23-40(30-21-25(35)17-18-32(30)45-2)46(43,44)26-13-8-5-9-14-26/h4-18,21,31H,3,19-20,22-23H2,1-2H3,(H,38,42)/t31-/m1/s1. The minimum absolute atomic E-state index is 0.0490. The lowest BCUT2D eigenvalue weighted by molar-refractivity contribution is -0.140. The first-order chi connectivity index (χ1) is 22.1. The average Bonchev–Trinajstić information content (AvgIpc) is 3.06. The lowest BCUT2D eigenvalue weighted by Gasteiger charge is -2.34. The van der Waals surface area contributed by atoms with Crippen LogP contribution in [-0.4, -0.2) is 51.4 Å². The molecule has 0 aliphatic carbocycles. The van der Waals surface area contributed by atoms with E-state index in [1.165, 1.54) is 36.3 Å². The molecule has 0 spiro atoms. The van der Waals surface area contributed by atoms with Gasteiger partial charge in [0.2, 0.25) is 11.8 Å². The number of carbonyl (C=O) groups excluding carboxylic acids is 2. The van der Waals surface area contributed by atoms with Gasteiger partial charge >= 0.3 is 0 Å². The zero-order valence-corrected chi connectivity index (χ0v) is 28.4. The maximum absolute atomic E-state index is 14.6. The smallest absolute Gasteiger partial charge is 0.264 e. The quantitative estimate of drug-likeness (QED) is 0.153. The highest BCUT2D eigenvalue weighted by molar-refractivity contribution is 7.92. The second-order valence-corrected chi connectivity index (χ2v) is 13.5. The van der Waals surface area contributed by atoms with Gasteiger partial charge in [0, 0.05) is 40.1 Å². The van der Waals surface area contributed by atoms with Crippen molar-refractivity contribution in [3.8, 4) is 5.75 Å². The van der Waals surface area contributed by atoms with Gasteiger partial charge in [-0.15, -0.1) is 0 Å². The second kappa shape index (κ2) is 16.2. The summed E-state index contributed by atoms with van der Waals surface area (Å²) in [4.78, 5) is 29.7. The van der Waals surface area contributed by atoms with Crippen molar-refractivity contribution in [1.82, 2.24) is 10.2 Å². The molecule has 2 amide bonds. The molecule has 0 fully saturated rings. The molecule has 0 unspecified atom stereocenters. The number of nitrogens with one attached hydrogen (secondary N) is 1. The first-order valence-electron chi connectivity index (χ1n) is 14.5. The van der Waals surface area contributed by atoms with Crippen LogP contribution >= 0.6 is 34.8 Å². The van der Waals surface area contributed by atoms with E-state index in [1.54, 1.807) is 42.5 Å². The molecule has 0 heterocycles. The van der Waals surface area contributed by atoms with Gasteiger partial charge in [-0.1, -0.05) is 96.3 Å². The summed E-state index contributed by atoms with van der Waals surface area (Å²) >= 11 is 19.4. The SMILES string of the molecule is CCCNC(=O)[C@@H](Cc1ccccc1)N(Cc1c(Cl)cccc1Cl)C(=O)CN(c1cc(Cl)ccc1OC)S(=O)(=O)c1ccccc1. The molecule has 1 N–H and O–H groups in total. The number of anilines is 1. The third-order valence-electron chi connectivity index (χ3n) is 7.23. The van der Waals surface area contributed by atoms with Crippen molar-refractivity contribution < 1.29 is 22.7 Å². The number of rotatable bonds is 14. The number of halogens is 3. The number of methoxy groups -OCH3 is 1. The highest BCUT2D eigenvalue weighted by atomic mass is 35.5. The molecular formula is C34H34Cl3N3O5S. The van der Waals surface area contributed by atoms with Crippen molar-refractivity contribution in [2.45, 2.75) is 37.2 Å². The Morgan fingerprint density at radius 2 is 1.50 bits per heavy atom. The predicted molar refractivity (Wildman–Crippen MR) is 183 cm³/mol. The zero-order valence-electron chi connectivity index (χ0n) is 25.3. The Morgan fingerprint density at radius 1 is 0.870 bits per heavy atom. The maximum atomic E-state index is 14.6. The van der Waals surface area contributed by atoms with Crippen LogP contribution in [0, 0.1) is 0 Å². The molecule has 46 heavy (non-hydrogen) atoms. The van der Waals surface area contributed by atoms with Gasteiger partial charge in [0.15, 0.2) is 0 Å². The Balaban J connectivity index is 1.87. The summed E-state index contributed by atoms with van der Waals surface area (Å²) in [6, 6.07) is 25.4. The molecule has 0 aromatic heterocycles.